The molecule has 0 heterocycles. The largest absolute Gasteiger partial charge is 0.497 e. The third kappa shape index (κ3) is 8.49. The van der Waals surface area contributed by atoms with Crippen LogP contribution in [0.3, 0.4) is 0 Å². The van der Waals surface area contributed by atoms with Gasteiger partial charge in [-0.15, -0.1) is 0 Å². The Morgan fingerprint density at radius 1 is 1.05 bits per heavy atom. The van der Waals surface area contributed by atoms with E-state index in [1.165, 1.54) is 4.90 Å². The van der Waals surface area contributed by atoms with E-state index in [0.29, 0.717) is 11.4 Å². The molecule has 2 aromatic rings. The quantitative estimate of drug-likeness (QED) is 0.471. The Morgan fingerprint density at radius 2 is 1.68 bits per heavy atom. The molecule has 0 aliphatic heterocycles. The fourth-order valence-electron chi connectivity index (χ4n) is 3.76. The lowest BCUT2D eigenvalue weighted by Gasteiger charge is -2.32. The Labute approximate surface area is 222 Å². The molecule has 1 N–H and O–H groups in total. The smallest absolute Gasteiger partial charge is 0.244 e. The molecule has 0 saturated heterocycles. The summed E-state index contributed by atoms with van der Waals surface area (Å²) in [6, 6.07) is 13.5. The summed E-state index contributed by atoms with van der Waals surface area (Å²) in [5.74, 6) is -0.163. The van der Waals surface area contributed by atoms with Crippen LogP contribution >= 0.6 is 0 Å². The number of rotatable bonds is 11. The maximum absolute atomic E-state index is 13.7. The highest BCUT2D eigenvalue weighted by Crippen LogP contribution is 2.26. The second kappa shape index (κ2) is 12.4. The molecular weight excluding hydrogens is 490 g/mol. The summed E-state index contributed by atoms with van der Waals surface area (Å²) in [6.07, 6.45) is 1.82. The second-order valence-electron chi connectivity index (χ2n) is 10.4. The van der Waals surface area contributed by atoms with Gasteiger partial charge in [0.25, 0.3) is 0 Å². The molecule has 2 aromatic carbocycles. The molecule has 0 unspecified atom stereocenters. The van der Waals surface area contributed by atoms with Crippen LogP contribution in [-0.4, -0.2) is 57.1 Å². The SMILES string of the molecule is CC[C@H](C)NC(=O)[C@H](C)N(Cc1cccc(OC)c1)C(=O)CN(c1ccc(C(C)(C)C)cc1)S(C)(=O)=O. The minimum absolute atomic E-state index is 0.0578. The average molecular weight is 532 g/mol. The lowest BCUT2D eigenvalue weighted by atomic mass is 9.87. The van der Waals surface area contributed by atoms with Gasteiger partial charge in [0.1, 0.15) is 18.3 Å². The van der Waals surface area contributed by atoms with Crippen molar-refractivity contribution in [2.24, 2.45) is 0 Å². The van der Waals surface area contributed by atoms with E-state index in [-0.39, 0.29) is 23.9 Å². The number of carbonyl (C=O) groups excluding carboxylic acids is 2. The highest BCUT2D eigenvalue weighted by Gasteiger charge is 2.30. The zero-order valence-electron chi connectivity index (χ0n) is 23.2. The van der Waals surface area contributed by atoms with Crippen molar-refractivity contribution in [3.8, 4) is 5.75 Å². The number of hydrogen-bond donors (Lipinski definition) is 1. The van der Waals surface area contributed by atoms with Crippen LogP contribution in [0.4, 0.5) is 5.69 Å². The van der Waals surface area contributed by atoms with Gasteiger partial charge in [-0.3, -0.25) is 13.9 Å². The van der Waals surface area contributed by atoms with Crippen molar-refractivity contribution in [3.63, 3.8) is 0 Å². The summed E-state index contributed by atoms with van der Waals surface area (Å²) < 4.78 is 31.9. The number of benzene rings is 2. The Bertz CT molecular complexity index is 1170. The first-order chi connectivity index (χ1) is 17.2. The van der Waals surface area contributed by atoms with E-state index in [0.717, 1.165) is 28.1 Å². The summed E-state index contributed by atoms with van der Waals surface area (Å²) in [5.41, 5.74) is 2.10. The molecule has 2 rings (SSSR count). The van der Waals surface area contributed by atoms with Crippen molar-refractivity contribution in [1.82, 2.24) is 10.2 Å². The van der Waals surface area contributed by atoms with Gasteiger partial charge in [0.2, 0.25) is 21.8 Å². The minimum Gasteiger partial charge on any atom is -0.497 e. The molecular formula is C28H41N3O5S. The number of amides is 2. The fourth-order valence-corrected chi connectivity index (χ4v) is 4.61. The zero-order chi connectivity index (χ0) is 28.0. The maximum Gasteiger partial charge on any atom is 0.244 e. The summed E-state index contributed by atoms with van der Waals surface area (Å²) in [7, 11) is -2.23. The molecule has 0 bridgehead atoms. The molecule has 37 heavy (non-hydrogen) atoms. The highest BCUT2D eigenvalue weighted by molar-refractivity contribution is 7.92. The first-order valence-corrected chi connectivity index (χ1v) is 14.3. The molecule has 8 nitrogen and oxygen atoms in total. The van der Waals surface area contributed by atoms with E-state index < -0.39 is 28.5 Å². The van der Waals surface area contributed by atoms with Crippen LogP contribution in [0, 0.1) is 0 Å². The Kier molecular flexibility index (Phi) is 10.1. The number of anilines is 1. The van der Waals surface area contributed by atoms with Gasteiger partial charge >= 0.3 is 0 Å². The van der Waals surface area contributed by atoms with Crippen molar-refractivity contribution >= 4 is 27.5 Å². The molecule has 9 heteroatoms. The predicted octanol–water partition coefficient (Wildman–Crippen LogP) is 4.09. The highest BCUT2D eigenvalue weighted by atomic mass is 32.2. The molecule has 0 fully saturated rings. The summed E-state index contributed by atoms with van der Waals surface area (Å²) in [6.45, 7) is 11.4. The molecule has 0 aliphatic rings. The molecule has 0 spiro atoms. The van der Waals surface area contributed by atoms with Crippen molar-refractivity contribution in [1.29, 1.82) is 0 Å². The van der Waals surface area contributed by atoms with Gasteiger partial charge in [0, 0.05) is 12.6 Å². The molecule has 2 atom stereocenters. The lowest BCUT2D eigenvalue weighted by Crippen LogP contribution is -2.52. The van der Waals surface area contributed by atoms with Crippen LogP contribution < -0.4 is 14.4 Å². The van der Waals surface area contributed by atoms with Gasteiger partial charge in [-0.25, -0.2) is 8.42 Å². The molecule has 204 valence electrons. The topological polar surface area (TPSA) is 96.0 Å². The van der Waals surface area contributed by atoms with Crippen LogP contribution in [-0.2, 0) is 31.6 Å². The van der Waals surface area contributed by atoms with Crippen molar-refractivity contribution in [2.75, 3.05) is 24.2 Å². The van der Waals surface area contributed by atoms with Gasteiger partial charge in [-0.1, -0.05) is 52.0 Å². The lowest BCUT2D eigenvalue weighted by molar-refractivity contribution is -0.139. The monoisotopic (exact) mass is 531 g/mol. The van der Waals surface area contributed by atoms with Crippen molar-refractivity contribution in [2.45, 2.75) is 72.0 Å². The normalized spacial score (nSPS) is 13.4. The van der Waals surface area contributed by atoms with E-state index >= 15 is 0 Å². The molecule has 2 amide bonds. The fraction of sp³-hybridized carbons (Fsp3) is 0.500. The first-order valence-electron chi connectivity index (χ1n) is 12.5. The molecule has 0 aliphatic carbocycles. The number of hydrogen-bond acceptors (Lipinski definition) is 5. The van der Waals surface area contributed by atoms with Crippen LogP contribution in [0.1, 0.15) is 59.1 Å². The Hall–Kier alpha value is -3.07. The zero-order valence-corrected chi connectivity index (χ0v) is 24.1. The number of methoxy groups -OCH3 is 1. The number of carbonyl (C=O) groups is 2. The Balaban J connectivity index is 2.41. The third-order valence-electron chi connectivity index (χ3n) is 6.36. The molecule has 0 aromatic heterocycles. The average Bonchev–Trinajstić information content (AvgIpc) is 2.84. The maximum atomic E-state index is 13.7. The molecule has 0 radical (unpaired) electrons. The van der Waals surface area contributed by atoms with Gasteiger partial charge in [-0.2, -0.15) is 0 Å². The van der Waals surface area contributed by atoms with Gasteiger partial charge in [0.05, 0.1) is 19.1 Å². The van der Waals surface area contributed by atoms with Crippen LogP contribution in [0.5, 0.6) is 5.75 Å². The van der Waals surface area contributed by atoms with Crippen LogP contribution in [0.15, 0.2) is 48.5 Å². The number of nitrogens with zero attached hydrogens (tertiary/aromatic N) is 2. The van der Waals surface area contributed by atoms with Gasteiger partial charge < -0.3 is 15.0 Å². The summed E-state index contributed by atoms with van der Waals surface area (Å²) in [4.78, 5) is 28.1. The van der Waals surface area contributed by atoms with Crippen molar-refractivity contribution < 1.29 is 22.7 Å². The number of sulfonamides is 1. The van der Waals surface area contributed by atoms with Crippen LogP contribution in [0.2, 0.25) is 0 Å². The molecule has 0 saturated carbocycles. The van der Waals surface area contributed by atoms with Crippen LogP contribution in [0.25, 0.3) is 0 Å². The number of nitrogens with one attached hydrogen (secondary N) is 1. The first kappa shape index (κ1) is 30.2. The van der Waals surface area contributed by atoms with Crippen molar-refractivity contribution in [3.05, 3.63) is 59.7 Å². The van der Waals surface area contributed by atoms with Gasteiger partial charge in [0.15, 0.2) is 0 Å². The van der Waals surface area contributed by atoms with E-state index in [9.17, 15) is 18.0 Å². The summed E-state index contributed by atoms with van der Waals surface area (Å²) >= 11 is 0. The second-order valence-corrected chi connectivity index (χ2v) is 12.3. The third-order valence-corrected chi connectivity index (χ3v) is 7.50. The van der Waals surface area contributed by atoms with Gasteiger partial charge in [-0.05, 0) is 61.1 Å². The summed E-state index contributed by atoms with van der Waals surface area (Å²) in [5, 5.41) is 2.92. The standard InChI is InChI=1S/C28H41N3O5S/c1-9-20(2)29-27(33)21(3)30(18-22-11-10-12-25(17-22)36-7)26(32)19-31(37(8,34)35)24-15-13-23(14-16-24)28(4,5)6/h10-17,20-21H,9,18-19H2,1-8H3,(H,29,33)/t20-,21-/m0/s1. The minimum atomic E-state index is -3.78. The van der Waals surface area contributed by atoms with E-state index in [2.05, 4.69) is 26.1 Å². The van der Waals surface area contributed by atoms with E-state index in [4.69, 9.17) is 4.74 Å². The Morgan fingerprint density at radius 3 is 2.19 bits per heavy atom. The van der Waals surface area contributed by atoms with E-state index in [1.54, 1.807) is 44.4 Å². The number of ether oxygens (including phenoxy) is 1. The van der Waals surface area contributed by atoms with E-state index in [1.807, 2.05) is 32.0 Å². The predicted molar refractivity (Wildman–Crippen MR) is 148 cm³/mol.